The van der Waals surface area contributed by atoms with E-state index in [2.05, 4.69) is 0 Å². The molecule has 19 heavy (non-hydrogen) atoms. The van der Waals surface area contributed by atoms with Crippen LogP contribution in [-0.2, 0) is 0 Å². The largest absolute Gasteiger partial charge is 0.497 e. The third kappa shape index (κ3) is 2.29. The molecule has 0 fully saturated rings. The van der Waals surface area contributed by atoms with Gasteiger partial charge in [0.2, 0.25) is 0 Å². The van der Waals surface area contributed by atoms with Crippen molar-refractivity contribution >= 4 is 0 Å². The average Bonchev–Trinajstić information content (AvgIpc) is 2.47. The smallest absolute Gasteiger partial charge is 0.129 e. The predicted molar refractivity (Wildman–Crippen MR) is 72.4 cm³/mol. The Morgan fingerprint density at radius 2 is 1.95 bits per heavy atom. The van der Waals surface area contributed by atoms with Crippen LogP contribution in [0.3, 0.4) is 0 Å². The molecule has 0 aliphatic carbocycles. The van der Waals surface area contributed by atoms with Crippen molar-refractivity contribution in [1.82, 2.24) is 0 Å². The Kier molecular flexibility index (Phi) is 3.13. The number of aliphatic hydroxyl groups is 1. The molecule has 0 bridgehead atoms. The molecule has 2 atom stereocenters. The highest BCUT2D eigenvalue weighted by Crippen LogP contribution is 2.42. The normalized spacial score (nSPS) is 21.4. The van der Waals surface area contributed by atoms with E-state index in [-0.39, 0.29) is 6.10 Å². The number of benzene rings is 2. The number of aliphatic hydroxyl groups excluding tert-OH is 1. The maximum Gasteiger partial charge on any atom is 0.129 e. The zero-order valence-electron chi connectivity index (χ0n) is 10.7. The van der Waals surface area contributed by atoms with E-state index in [0.717, 1.165) is 16.9 Å². The number of rotatable bonds is 2. The minimum atomic E-state index is -0.500. The van der Waals surface area contributed by atoms with Gasteiger partial charge in [0.25, 0.3) is 0 Å². The second kappa shape index (κ2) is 4.94. The Morgan fingerprint density at radius 1 is 1.16 bits per heavy atom. The Hall–Kier alpha value is -2.00. The zero-order chi connectivity index (χ0) is 13.2. The van der Waals surface area contributed by atoms with E-state index in [0.29, 0.717) is 12.2 Å². The average molecular weight is 256 g/mol. The summed E-state index contributed by atoms with van der Waals surface area (Å²) in [6, 6.07) is 15.5. The Balaban J connectivity index is 1.94. The van der Waals surface area contributed by atoms with Gasteiger partial charge in [-0.15, -0.1) is 0 Å². The standard InChI is InChI=1S/C16H16O3/c1-18-12-7-8-13-14(17)10-15(19-16(13)9-12)11-5-3-2-4-6-11/h2-9,14-15,17H,10H2,1H3/t14-,15+/m0/s1. The van der Waals surface area contributed by atoms with Crippen LogP contribution in [-0.4, -0.2) is 12.2 Å². The van der Waals surface area contributed by atoms with E-state index in [4.69, 9.17) is 9.47 Å². The first-order valence-corrected chi connectivity index (χ1v) is 6.35. The van der Waals surface area contributed by atoms with Crippen molar-refractivity contribution in [2.75, 3.05) is 7.11 Å². The van der Waals surface area contributed by atoms with Gasteiger partial charge >= 0.3 is 0 Å². The molecule has 3 rings (SSSR count). The molecule has 0 aromatic heterocycles. The van der Waals surface area contributed by atoms with Crippen LogP contribution in [0.2, 0.25) is 0 Å². The summed E-state index contributed by atoms with van der Waals surface area (Å²) in [5, 5.41) is 10.2. The first-order valence-electron chi connectivity index (χ1n) is 6.35. The molecule has 1 aliphatic rings. The molecular formula is C16H16O3. The quantitative estimate of drug-likeness (QED) is 0.896. The Morgan fingerprint density at radius 3 is 2.68 bits per heavy atom. The van der Waals surface area contributed by atoms with E-state index >= 15 is 0 Å². The summed E-state index contributed by atoms with van der Waals surface area (Å²) >= 11 is 0. The molecule has 1 heterocycles. The number of hydrogen-bond donors (Lipinski definition) is 1. The fraction of sp³-hybridized carbons (Fsp3) is 0.250. The lowest BCUT2D eigenvalue weighted by Crippen LogP contribution is -2.19. The molecule has 98 valence electrons. The van der Waals surface area contributed by atoms with E-state index < -0.39 is 6.10 Å². The van der Waals surface area contributed by atoms with Gasteiger partial charge in [-0.1, -0.05) is 30.3 Å². The predicted octanol–water partition coefficient (Wildman–Crippen LogP) is 3.25. The van der Waals surface area contributed by atoms with E-state index in [9.17, 15) is 5.11 Å². The van der Waals surface area contributed by atoms with Crippen molar-refractivity contribution in [3.8, 4) is 11.5 Å². The summed E-state index contributed by atoms with van der Waals surface area (Å²) in [5.74, 6) is 1.44. The lowest BCUT2D eigenvalue weighted by Gasteiger charge is -2.30. The van der Waals surface area contributed by atoms with Crippen LogP contribution in [0.4, 0.5) is 0 Å². The molecule has 1 N–H and O–H groups in total. The van der Waals surface area contributed by atoms with Crippen molar-refractivity contribution < 1.29 is 14.6 Å². The van der Waals surface area contributed by atoms with E-state index in [1.807, 2.05) is 48.5 Å². The van der Waals surface area contributed by atoms with E-state index in [1.165, 1.54) is 0 Å². The van der Waals surface area contributed by atoms with Crippen LogP contribution < -0.4 is 9.47 Å². The highest BCUT2D eigenvalue weighted by molar-refractivity contribution is 5.44. The molecule has 0 amide bonds. The van der Waals surface area contributed by atoms with Gasteiger partial charge in [0.1, 0.15) is 17.6 Å². The van der Waals surface area contributed by atoms with Gasteiger partial charge < -0.3 is 14.6 Å². The number of methoxy groups -OCH3 is 1. The number of fused-ring (bicyclic) bond motifs is 1. The molecule has 3 nitrogen and oxygen atoms in total. The highest BCUT2D eigenvalue weighted by atomic mass is 16.5. The Bertz CT molecular complexity index is 565. The molecule has 0 saturated carbocycles. The summed E-state index contributed by atoms with van der Waals surface area (Å²) in [5.41, 5.74) is 1.91. The molecule has 2 aromatic rings. The lowest BCUT2D eigenvalue weighted by molar-refractivity contribution is 0.0655. The van der Waals surface area contributed by atoms with Gasteiger partial charge in [0, 0.05) is 18.1 Å². The maximum absolute atomic E-state index is 10.2. The molecule has 2 aromatic carbocycles. The van der Waals surface area contributed by atoms with Gasteiger partial charge in [0.15, 0.2) is 0 Å². The third-order valence-corrected chi connectivity index (χ3v) is 3.46. The molecule has 0 unspecified atom stereocenters. The second-order valence-corrected chi connectivity index (χ2v) is 4.67. The first-order chi connectivity index (χ1) is 9.28. The highest BCUT2D eigenvalue weighted by Gasteiger charge is 2.28. The minimum Gasteiger partial charge on any atom is -0.497 e. The van der Waals surface area contributed by atoms with Gasteiger partial charge in [-0.2, -0.15) is 0 Å². The zero-order valence-corrected chi connectivity index (χ0v) is 10.7. The van der Waals surface area contributed by atoms with Gasteiger partial charge in [0.05, 0.1) is 13.2 Å². The fourth-order valence-electron chi connectivity index (χ4n) is 2.42. The van der Waals surface area contributed by atoms with Gasteiger partial charge in [-0.05, 0) is 17.7 Å². The van der Waals surface area contributed by atoms with Crippen LogP contribution in [0.5, 0.6) is 11.5 Å². The third-order valence-electron chi connectivity index (χ3n) is 3.46. The summed E-state index contributed by atoms with van der Waals surface area (Å²) in [4.78, 5) is 0. The molecule has 1 aliphatic heterocycles. The van der Waals surface area contributed by atoms with Crippen LogP contribution in [0.15, 0.2) is 48.5 Å². The lowest BCUT2D eigenvalue weighted by atomic mass is 9.95. The topological polar surface area (TPSA) is 38.7 Å². The molecule has 0 spiro atoms. The van der Waals surface area contributed by atoms with Crippen molar-refractivity contribution in [1.29, 1.82) is 0 Å². The maximum atomic E-state index is 10.2. The number of hydrogen-bond acceptors (Lipinski definition) is 3. The molecule has 3 heteroatoms. The van der Waals surface area contributed by atoms with Crippen LogP contribution >= 0.6 is 0 Å². The fourth-order valence-corrected chi connectivity index (χ4v) is 2.42. The van der Waals surface area contributed by atoms with Crippen molar-refractivity contribution in [3.63, 3.8) is 0 Å². The second-order valence-electron chi connectivity index (χ2n) is 4.67. The SMILES string of the molecule is COc1ccc2c(c1)O[C@@H](c1ccccc1)C[C@@H]2O. The van der Waals surface area contributed by atoms with Gasteiger partial charge in [-0.3, -0.25) is 0 Å². The minimum absolute atomic E-state index is 0.115. The molecule has 0 radical (unpaired) electrons. The summed E-state index contributed by atoms with van der Waals surface area (Å²) in [6.07, 6.45) is -0.0424. The summed E-state index contributed by atoms with van der Waals surface area (Å²) in [7, 11) is 1.62. The number of ether oxygens (including phenoxy) is 2. The van der Waals surface area contributed by atoms with E-state index in [1.54, 1.807) is 7.11 Å². The van der Waals surface area contributed by atoms with Crippen molar-refractivity contribution in [2.45, 2.75) is 18.6 Å². The summed E-state index contributed by atoms with van der Waals surface area (Å²) in [6.45, 7) is 0. The van der Waals surface area contributed by atoms with Crippen LogP contribution in [0, 0.1) is 0 Å². The molecular weight excluding hydrogens is 240 g/mol. The van der Waals surface area contributed by atoms with Gasteiger partial charge in [-0.25, -0.2) is 0 Å². The first kappa shape index (κ1) is 12.1. The van der Waals surface area contributed by atoms with Crippen molar-refractivity contribution in [2.24, 2.45) is 0 Å². The molecule has 0 saturated heterocycles. The van der Waals surface area contributed by atoms with Crippen LogP contribution in [0.25, 0.3) is 0 Å². The monoisotopic (exact) mass is 256 g/mol. The summed E-state index contributed by atoms with van der Waals surface area (Å²) < 4.78 is 11.2. The van der Waals surface area contributed by atoms with Crippen molar-refractivity contribution in [3.05, 3.63) is 59.7 Å². The van der Waals surface area contributed by atoms with Crippen LogP contribution in [0.1, 0.15) is 29.8 Å². The Labute approximate surface area is 112 Å².